The number of carbonyl (C=O) groups is 2. The van der Waals surface area contributed by atoms with Crippen molar-refractivity contribution in [1.29, 1.82) is 0 Å². The number of amides is 1. The van der Waals surface area contributed by atoms with Crippen LogP contribution in [0, 0.1) is 0 Å². The van der Waals surface area contributed by atoms with Crippen molar-refractivity contribution in [2.45, 2.75) is 18.4 Å². The monoisotopic (exact) mass is 333 g/mol. The van der Waals surface area contributed by atoms with Crippen LogP contribution in [0.2, 0.25) is 0 Å². The Kier molecular flexibility index (Phi) is 4.04. The Balaban J connectivity index is 2.14. The molecule has 0 radical (unpaired) electrons. The van der Waals surface area contributed by atoms with Crippen molar-refractivity contribution >= 4 is 39.1 Å². The smallest absolute Gasteiger partial charge is 0.329 e. The molecule has 0 aliphatic carbocycles. The van der Waals surface area contributed by atoms with Gasteiger partial charge in [-0.05, 0) is 22.0 Å². The van der Waals surface area contributed by atoms with Crippen LogP contribution < -0.4 is 5.32 Å². The lowest BCUT2D eigenvalue weighted by Crippen LogP contribution is -2.57. The first-order valence-corrected chi connectivity index (χ1v) is 7.08. The summed E-state index contributed by atoms with van der Waals surface area (Å²) in [6.07, 6.45) is 0.582. The molecule has 0 atom stereocenters. The van der Waals surface area contributed by atoms with Crippen LogP contribution in [0.3, 0.4) is 0 Å². The molecule has 18 heavy (non-hydrogen) atoms. The number of carboxylic acid groups (broad SMARTS) is 1. The molecule has 1 fully saturated rings. The third kappa shape index (κ3) is 2.73. The fourth-order valence-corrected chi connectivity index (χ4v) is 2.97. The molecule has 1 aromatic heterocycles. The molecule has 2 N–H and O–H groups in total. The Labute approximate surface area is 116 Å². The van der Waals surface area contributed by atoms with Crippen molar-refractivity contribution in [3.63, 3.8) is 0 Å². The maximum Gasteiger partial charge on any atom is 0.329 e. The first kappa shape index (κ1) is 13.5. The van der Waals surface area contributed by atoms with Crippen molar-refractivity contribution in [3.05, 3.63) is 20.8 Å². The molecule has 5 nitrogen and oxygen atoms in total. The van der Waals surface area contributed by atoms with Gasteiger partial charge in [-0.15, -0.1) is 11.3 Å². The molecular formula is C11H12BrNO4S. The Morgan fingerprint density at radius 2 is 2.11 bits per heavy atom. The highest BCUT2D eigenvalue weighted by Gasteiger charge is 2.41. The van der Waals surface area contributed by atoms with Crippen LogP contribution in [-0.2, 0) is 9.53 Å². The van der Waals surface area contributed by atoms with Gasteiger partial charge in [0.05, 0.1) is 9.35 Å². The standard InChI is InChI=1S/C11H12BrNO4S/c12-8-5-7(6-18-8)9(14)13-11(10(15)16)1-3-17-4-2-11/h5-6H,1-4H2,(H,13,14)(H,15,16). The van der Waals surface area contributed by atoms with Gasteiger partial charge in [0.15, 0.2) is 0 Å². The van der Waals surface area contributed by atoms with E-state index >= 15 is 0 Å². The highest BCUT2D eigenvalue weighted by Crippen LogP contribution is 2.24. The van der Waals surface area contributed by atoms with Crippen LogP contribution in [0.1, 0.15) is 23.2 Å². The van der Waals surface area contributed by atoms with E-state index in [4.69, 9.17) is 4.74 Å². The molecule has 1 aliphatic heterocycles. The van der Waals surface area contributed by atoms with E-state index in [9.17, 15) is 14.7 Å². The second-order valence-electron chi connectivity index (χ2n) is 4.09. The van der Waals surface area contributed by atoms with E-state index in [1.807, 2.05) is 0 Å². The average molecular weight is 334 g/mol. The number of ether oxygens (including phenoxy) is 1. The highest BCUT2D eigenvalue weighted by atomic mass is 79.9. The van der Waals surface area contributed by atoms with Gasteiger partial charge in [-0.3, -0.25) is 4.79 Å². The zero-order valence-corrected chi connectivity index (χ0v) is 11.8. The van der Waals surface area contributed by atoms with Gasteiger partial charge < -0.3 is 15.2 Å². The lowest BCUT2D eigenvalue weighted by Gasteiger charge is -2.33. The first-order valence-electron chi connectivity index (χ1n) is 5.41. The van der Waals surface area contributed by atoms with Gasteiger partial charge in [0, 0.05) is 31.4 Å². The Morgan fingerprint density at radius 3 is 2.61 bits per heavy atom. The lowest BCUT2D eigenvalue weighted by molar-refractivity contribution is -0.148. The fraction of sp³-hybridized carbons (Fsp3) is 0.455. The first-order chi connectivity index (χ1) is 8.53. The summed E-state index contributed by atoms with van der Waals surface area (Å²) in [7, 11) is 0. The third-order valence-electron chi connectivity index (χ3n) is 2.94. The number of aliphatic carboxylic acids is 1. The van der Waals surface area contributed by atoms with Crippen molar-refractivity contribution in [1.82, 2.24) is 5.32 Å². The van der Waals surface area contributed by atoms with E-state index < -0.39 is 11.5 Å². The van der Waals surface area contributed by atoms with Crippen molar-refractivity contribution in [2.75, 3.05) is 13.2 Å². The van der Waals surface area contributed by atoms with Gasteiger partial charge in [0.2, 0.25) is 0 Å². The van der Waals surface area contributed by atoms with Gasteiger partial charge in [0.25, 0.3) is 5.91 Å². The molecule has 0 bridgehead atoms. The van der Waals surface area contributed by atoms with Crippen LogP contribution in [0.15, 0.2) is 15.2 Å². The minimum atomic E-state index is -1.20. The second kappa shape index (κ2) is 5.38. The molecule has 1 aliphatic rings. The van der Waals surface area contributed by atoms with E-state index in [0.717, 1.165) is 3.79 Å². The summed E-state index contributed by atoms with van der Waals surface area (Å²) in [6, 6.07) is 1.68. The number of carbonyl (C=O) groups excluding carboxylic acids is 1. The van der Waals surface area contributed by atoms with E-state index in [1.165, 1.54) is 11.3 Å². The SMILES string of the molecule is O=C(NC1(C(=O)O)CCOCC1)c1csc(Br)c1. The molecule has 0 saturated carbocycles. The molecule has 0 unspecified atom stereocenters. The molecule has 98 valence electrons. The zero-order chi connectivity index (χ0) is 13.2. The van der Waals surface area contributed by atoms with Crippen molar-refractivity contribution < 1.29 is 19.4 Å². The third-order valence-corrected chi connectivity index (χ3v) is 4.44. The number of hydrogen-bond donors (Lipinski definition) is 2. The molecule has 1 amide bonds. The molecule has 1 aromatic rings. The van der Waals surface area contributed by atoms with Crippen LogP contribution in [-0.4, -0.2) is 35.7 Å². The van der Waals surface area contributed by atoms with Gasteiger partial charge in [-0.25, -0.2) is 4.79 Å². The number of rotatable bonds is 3. The maximum absolute atomic E-state index is 12.0. The minimum absolute atomic E-state index is 0.291. The molecular weight excluding hydrogens is 322 g/mol. The van der Waals surface area contributed by atoms with Gasteiger partial charge in [0.1, 0.15) is 5.54 Å². The van der Waals surface area contributed by atoms with E-state index in [2.05, 4.69) is 21.2 Å². The number of halogens is 1. The van der Waals surface area contributed by atoms with Crippen molar-refractivity contribution in [3.8, 4) is 0 Å². The molecule has 0 spiro atoms. The lowest BCUT2D eigenvalue weighted by atomic mass is 9.90. The zero-order valence-electron chi connectivity index (χ0n) is 9.44. The number of thiophene rings is 1. The van der Waals surface area contributed by atoms with Gasteiger partial charge in [-0.1, -0.05) is 0 Å². The molecule has 0 aromatic carbocycles. The van der Waals surface area contributed by atoms with Crippen LogP contribution in [0.4, 0.5) is 0 Å². The summed E-state index contributed by atoms with van der Waals surface area (Å²) >= 11 is 4.66. The van der Waals surface area contributed by atoms with Crippen LogP contribution in [0.25, 0.3) is 0 Å². The molecule has 2 rings (SSSR count). The molecule has 7 heteroatoms. The maximum atomic E-state index is 12.0. The summed E-state index contributed by atoms with van der Waals surface area (Å²) in [5.74, 6) is -1.37. The molecule has 2 heterocycles. The molecule has 1 saturated heterocycles. The number of hydrogen-bond acceptors (Lipinski definition) is 4. The summed E-state index contributed by atoms with van der Waals surface area (Å²) in [6.45, 7) is 0.694. The van der Waals surface area contributed by atoms with Gasteiger partial charge in [-0.2, -0.15) is 0 Å². The predicted molar refractivity (Wildman–Crippen MR) is 69.9 cm³/mol. The normalized spacial score (nSPS) is 18.3. The van der Waals surface area contributed by atoms with Crippen molar-refractivity contribution in [2.24, 2.45) is 0 Å². The summed E-state index contributed by atoms with van der Waals surface area (Å²) in [5, 5.41) is 13.6. The topological polar surface area (TPSA) is 75.6 Å². The number of nitrogens with one attached hydrogen (secondary N) is 1. The summed E-state index contributed by atoms with van der Waals surface area (Å²) in [5.41, 5.74) is -0.733. The Bertz CT molecular complexity index is 467. The Morgan fingerprint density at radius 1 is 1.44 bits per heavy atom. The number of carboxylic acids is 1. The minimum Gasteiger partial charge on any atom is -0.480 e. The van der Waals surface area contributed by atoms with Gasteiger partial charge >= 0.3 is 5.97 Å². The second-order valence-corrected chi connectivity index (χ2v) is 6.38. The van der Waals surface area contributed by atoms with E-state index in [1.54, 1.807) is 11.4 Å². The van der Waals surface area contributed by atoms with E-state index in [-0.39, 0.29) is 5.91 Å². The van der Waals surface area contributed by atoms with Crippen LogP contribution in [0.5, 0.6) is 0 Å². The van der Waals surface area contributed by atoms with Crippen LogP contribution >= 0.6 is 27.3 Å². The Hall–Kier alpha value is -0.920. The van der Waals surface area contributed by atoms with E-state index in [0.29, 0.717) is 31.6 Å². The fourth-order valence-electron chi connectivity index (χ4n) is 1.83. The summed E-state index contributed by atoms with van der Waals surface area (Å²) < 4.78 is 5.98. The average Bonchev–Trinajstić information content (AvgIpc) is 2.77. The summed E-state index contributed by atoms with van der Waals surface area (Å²) in [4.78, 5) is 23.4. The largest absolute Gasteiger partial charge is 0.480 e. The highest BCUT2D eigenvalue weighted by molar-refractivity contribution is 9.11. The quantitative estimate of drug-likeness (QED) is 0.885. The predicted octanol–water partition coefficient (Wildman–Crippen LogP) is 1.87.